The maximum absolute atomic E-state index is 13.4. The maximum Gasteiger partial charge on any atom is 0.123 e. The molecular formula is C14H15FN2. The van der Waals surface area contributed by atoms with Gasteiger partial charge in [-0.25, -0.2) is 4.39 Å². The molecule has 0 radical (unpaired) electrons. The lowest BCUT2D eigenvalue weighted by Gasteiger charge is -2.11. The summed E-state index contributed by atoms with van der Waals surface area (Å²) in [7, 11) is 1.88. The van der Waals surface area contributed by atoms with Crippen LogP contribution >= 0.6 is 0 Å². The SMILES string of the molecule is CNCc1ccc(F)cc1-c1cnccc1C. The third kappa shape index (κ3) is 2.50. The zero-order chi connectivity index (χ0) is 12.3. The van der Waals surface area contributed by atoms with Gasteiger partial charge in [0.05, 0.1) is 0 Å². The highest BCUT2D eigenvalue weighted by Crippen LogP contribution is 2.26. The molecule has 0 fully saturated rings. The predicted octanol–water partition coefficient (Wildman–Crippen LogP) is 2.92. The van der Waals surface area contributed by atoms with Crippen LogP contribution in [0.5, 0.6) is 0 Å². The normalized spacial score (nSPS) is 10.5. The number of aromatic nitrogens is 1. The highest BCUT2D eigenvalue weighted by atomic mass is 19.1. The molecule has 1 heterocycles. The van der Waals surface area contributed by atoms with Crippen LogP contribution in [-0.4, -0.2) is 12.0 Å². The molecular weight excluding hydrogens is 215 g/mol. The van der Waals surface area contributed by atoms with E-state index in [1.807, 2.05) is 26.1 Å². The molecule has 1 N–H and O–H groups in total. The maximum atomic E-state index is 13.4. The lowest BCUT2D eigenvalue weighted by atomic mass is 9.97. The van der Waals surface area contributed by atoms with Crippen molar-refractivity contribution in [3.05, 3.63) is 53.6 Å². The van der Waals surface area contributed by atoms with Gasteiger partial charge in [-0.2, -0.15) is 0 Å². The first-order valence-corrected chi connectivity index (χ1v) is 5.56. The van der Waals surface area contributed by atoms with E-state index in [1.165, 1.54) is 6.07 Å². The van der Waals surface area contributed by atoms with Gasteiger partial charge >= 0.3 is 0 Å². The average molecular weight is 230 g/mol. The molecule has 0 aliphatic rings. The largest absolute Gasteiger partial charge is 0.316 e. The van der Waals surface area contributed by atoms with Crippen LogP contribution in [0.15, 0.2) is 36.7 Å². The van der Waals surface area contributed by atoms with Crippen LogP contribution in [0.4, 0.5) is 4.39 Å². The number of rotatable bonds is 3. The molecule has 3 heteroatoms. The third-order valence-electron chi connectivity index (χ3n) is 2.77. The minimum Gasteiger partial charge on any atom is -0.316 e. The van der Waals surface area contributed by atoms with E-state index in [1.54, 1.807) is 18.5 Å². The number of nitrogens with zero attached hydrogens (tertiary/aromatic N) is 1. The van der Waals surface area contributed by atoms with Crippen molar-refractivity contribution in [2.75, 3.05) is 7.05 Å². The van der Waals surface area contributed by atoms with E-state index in [0.717, 1.165) is 22.3 Å². The highest BCUT2D eigenvalue weighted by Gasteiger charge is 2.08. The average Bonchev–Trinajstić information content (AvgIpc) is 2.32. The van der Waals surface area contributed by atoms with Crippen LogP contribution in [0.3, 0.4) is 0 Å². The molecule has 88 valence electrons. The van der Waals surface area contributed by atoms with Gasteiger partial charge in [0, 0.05) is 24.5 Å². The predicted molar refractivity (Wildman–Crippen MR) is 67.1 cm³/mol. The summed E-state index contributed by atoms with van der Waals surface area (Å²) < 4.78 is 13.4. The first kappa shape index (κ1) is 11.7. The van der Waals surface area contributed by atoms with Gasteiger partial charge in [0.1, 0.15) is 5.82 Å². The molecule has 0 bridgehead atoms. The number of aryl methyl sites for hydroxylation is 1. The summed E-state index contributed by atoms with van der Waals surface area (Å²) in [6.45, 7) is 2.72. The van der Waals surface area contributed by atoms with Crippen LogP contribution < -0.4 is 5.32 Å². The summed E-state index contributed by atoms with van der Waals surface area (Å²) in [5.41, 5.74) is 4.06. The lowest BCUT2D eigenvalue weighted by molar-refractivity contribution is 0.627. The van der Waals surface area contributed by atoms with Gasteiger partial charge in [-0.15, -0.1) is 0 Å². The number of hydrogen-bond donors (Lipinski definition) is 1. The van der Waals surface area contributed by atoms with Crippen LogP contribution in [0.1, 0.15) is 11.1 Å². The Labute approximate surface area is 101 Å². The topological polar surface area (TPSA) is 24.9 Å². The second kappa shape index (κ2) is 5.06. The molecule has 0 amide bonds. The van der Waals surface area contributed by atoms with Crippen LogP contribution in [0.2, 0.25) is 0 Å². The van der Waals surface area contributed by atoms with Gasteiger partial charge in [0.15, 0.2) is 0 Å². The quantitative estimate of drug-likeness (QED) is 0.877. The number of benzene rings is 1. The first-order valence-electron chi connectivity index (χ1n) is 5.56. The Hall–Kier alpha value is -1.74. The molecule has 17 heavy (non-hydrogen) atoms. The van der Waals surface area contributed by atoms with E-state index in [9.17, 15) is 4.39 Å². The van der Waals surface area contributed by atoms with Crippen molar-refractivity contribution in [2.24, 2.45) is 0 Å². The summed E-state index contributed by atoms with van der Waals surface area (Å²) in [5.74, 6) is -0.219. The second-order valence-corrected chi connectivity index (χ2v) is 4.02. The van der Waals surface area contributed by atoms with Crippen molar-refractivity contribution >= 4 is 0 Å². The van der Waals surface area contributed by atoms with Gasteiger partial charge in [-0.05, 0) is 48.9 Å². The van der Waals surface area contributed by atoms with Crippen molar-refractivity contribution in [1.29, 1.82) is 0 Å². The van der Waals surface area contributed by atoms with E-state index in [-0.39, 0.29) is 5.82 Å². The first-order chi connectivity index (χ1) is 8.22. The van der Waals surface area contributed by atoms with Crippen LogP contribution in [0.25, 0.3) is 11.1 Å². The van der Waals surface area contributed by atoms with Crippen LogP contribution in [0, 0.1) is 12.7 Å². The molecule has 0 aliphatic carbocycles. The fourth-order valence-corrected chi connectivity index (χ4v) is 1.89. The van der Waals surface area contributed by atoms with Gasteiger partial charge in [-0.1, -0.05) is 6.07 Å². The van der Waals surface area contributed by atoms with Gasteiger partial charge in [0.2, 0.25) is 0 Å². The molecule has 1 aromatic heterocycles. The Balaban J connectivity index is 2.57. The fraction of sp³-hybridized carbons (Fsp3) is 0.214. The van der Waals surface area contributed by atoms with Crippen molar-refractivity contribution < 1.29 is 4.39 Å². The molecule has 2 rings (SSSR count). The Bertz CT molecular complexity index is 523. The molecule has 0 spiro atoms. The summed E-state index contributed by atoms with van der Waals surface area (Å²) in [6.07, 6.45) is 3.53. The minimum absolute atomic E-state index is 0.219. The Morgan fingerprint density at radius 1 is 1.24 bits per heavy atom. The molecule has 0 atom stereocenters. The molecule has 0 saturated carbocycles. The number of nitrogens with one attached hydrogen (secondary N) is 1. The van der Waals surface area contributed by atoms with E-state index in [2.05, 4.69) is 10.3 Å². The summed E-state index contributed by atoms with van der Waals surface area (Å²) in [4.78, 5) is 4.11. The Morgan fingerprint density at radius 3 is 2.76 bits per heavy atom. The number of hydrogen-bond acceptors (Lipinski definition) is 2. The molecule has 0 unspecified atom stereocenters. The zero-order valence-electron chi connectivity index (χ0n) is 10.00. The van der Waals surface area contributed by atoms with Crippen molar-refractivity contribution in [2.45, 2.75) is 13.5 Å². The minimum atomic E-state index is -0.219. The van der Waals surface area contributed by atoms with E-state index >= 15 is 0 Å². The van der Waals surface area contributed by atoms with Gasteiger partial charge < -0.3 is 5.32 Å². The van der Waals surface area contributed by atoms with Crippen molar-refractivity contribution in [1.82, 2.24) is 10.3 Å². The third-order valence-corrected chi connectivity index (χ3v) is 2.77. The van der Waals surface area contributed by atoms with Crippen molar-refractivity contribution in [3.8, 4) is 11.1 Å². The van der Waals surface area contributed by atoms with Crippen LogP contribution in [-0.2, 0) is 6.54 Å². The number of pyridine rings is 1. The summed E-state index contributed by atoms with van der Waals surface area (Å²) in [6, 6.07) is 6.80. The highest BCUT2D eigenvalue weighted by molar-refractivity contribution is 5.69. The van der Waals surface area contributed by atoms with Crippen molar-refractivity contribution in [3.63, 3.8) is 0 Å². The standard InChI is InChI=1S/C14H15FN2/c1-10-5-6-17-9-14(10)13-7-12(15)4-3-11(13)8-16-2/h3-7,9,16H,8H2,1-2H3. The molecule has 1 aromatic carbocycles. The van der Waals surface area contributed by atoms with Gasteiger partial charge in [0.25, 0.3) is 0 Å². The van der Waals surface area contributed by atoms with E-state index in [4.69, 9.17) is 0 Å². The van der Waals surface area contributed by atoms with E-state index in [0.29, 0.717) is 6.54 Å². The summed E-state index contributed by atoms with van der Waals surface area (Å²) >= 11 is 0. The second-order valence-electron chi connectivity index (χ2n) is 4.02. The smallest absolute Gasteiger partial charge is 0.123 e. The molecule has 0 saturated heterocycles. The van der Waals surface area contributed by atoms with E-state index < -0.39 is 0 Å². The molecule has 0 aliphatic heterocycles. The Kier molecular flexibility index (Phi) is 3.49. The molecule has 2 nitrogen and oxygen atoms in total. The lowest BCUT2D eigenvalue weighted by Crippen LogP contribution is -2.07. The summed E-state index contributed by atoms with van der Waals surface area (Å²) in [5, 5.41) is 3.09. The molecule has 2 aromatic rings. The number of halogens is 1. The van der Waals surface area contributed by atoms with Gasteiger partial charge in [-0.3, -0.25) is 4.98 Å². The zero-order valence-corrected chi connectivity index (χ0v) is 10.00. The fourth-order valence-electron chi connectivity index (χ4n) is 1.89. The Morgan fingerprint density at radius 2 is 2.06 bits per heavy atom. The monoisotopic (exact) mass is 230 g/mol.